The Kier molecular flexibility index (Phi) is 4.52. The van der Waals surface area contributed by atoms with Crippen LogP contribution in [0.1, 0.15) is 25.3 Å². The second-order valence-corrected chi connectivity index (χ2v) is 4.45. The van der Waals surface area contributed by atoms with Crippen molar-refractivity contribution in [1.29, 1.82) is 0 Å². The molecule has 0 spiro atoms. The van der Waals surface area contributed by atoms with Crippen molar-refractivity contribution in [3.05, 3.63) is 29.8 Å². The van der Waals surface area contributed by atoms with E-state index in [0.717, 1.165) is 24.2 Å². The standard InChI is InChI=1S/C14H18N2O3/c1-2-19-15-13(17)10-11-5-7-12(8-6-11)16-9-3-4-14(16)18/h5-8H,2-4,9-10H2,1H3,(H,15,17). The van der Waals surface area contributed by atoms with E-state index in [1.807, 2.05) is 31.2 Å². The first kappa shape index (κ1) is 13.5. The summed E-state index contributed by atoms with van der Waals surface area (Å²) in [6, 6.07) is 7.50. The molecular formula is C14H18N2O3. The van der Waals surface area contributed by atoms with E-state index in [9.17, 15) is 9.59 Å². The van der Waals surface area contributed by atoms with Crippen molar-refractivity contribution < 1.29 is 14.4 Å². The van der Waals surface area contributed by atoms with Gasteiger partial charge in [0.05, 0.1) is 13.0 Å². The predicted octanol–water partition coefficient (Wildman–Crippen LogP) is 1.42. The monoisotopic (exact) mass is 262 g/mol. The first-order chi connectivity index (χ1) is 9.20. The summed E-state index contributed by atoms with van der Waals surface area (Å²) in [5, 5.41) is 0. The van der Waals surface area contributed by atoms with Crippen molar-refractivity contribution >= 4 is 17.5 Å². The first-order valence-corrected chi connectivity index (χ1v) is 6.50. The molecule has 0 unspecified atom stereocenters. The highest BCUT2D eigenvalue weighted by Gasteiger charge is 2.21. The minimum Gasteiger partial charge on any atom is -0.312 e. The van der Waals surface area contributed by atoms with Crippen molar-refractivity contribution in [2.45, 2.75) is 26.2 Å². The smallest absolute Gasteiger partial charge is 0.247 e. The fraction of sp³-hybridized carbons (Fsp3) is 0.429. The summed E-state index contributed by atoms with van der Waals surface area (Å²) in [6.07, 6.45) is 1.81. The number of hydrogen-bond donors (Lipinski definition) is 1. The van der Waals surface area contributed by atoms with Gasteiger partial charge in [-0.15, -0.1) is 0 Å². The SMILES string of the molecule is CCONC(=O)Cc1ccc(N2CCCC2=O)cc1. The molecule has 0 saturated carbocycles. The zero-order valence-electron chi connectivity index (χ0n) is 11.0. The molecule has 0 atom stereocenters. The molecule has 1 saturated heterocycles. The van der Waals surface area contributed by atoms with Crippen molar-refractivity contribution in [3.63, 3.8) is 0 Å². The van der Waals surface area contributed by atoms with Gasteiger partial charge in [-0.2, -0.15) is 0 Å². The van der Waals surface area contributed by atoms with Crippen molar-refractivity contribution in [2.75, 3.05) is 18.1 Å². The van der Waals surface area contributed by atoms with E-state index < -0.39 is 0 Å². The predicted molar refractivity (Wildman–Crippen MR) is 71.5 cm³/mol. The third-order valence-corrected chi connectivity index (χ3v) is 3.02. The molecule has 5 heteroatoms. The molecular weight excluding hydrogens is 244 g/mol. The average molecular weight is 262 g/mol. The second kappa shape index (κ2) is 6.33. The highest BCUT2D eigenvalue weighted by atomic mass is 16.6. The van der Waals surface area contributed by atoms with Crippen molar-refractivity contribution in [1.82, 2.24) is 5.48 Å². The summed E-state index contributed by atoms with van der Waals surface area (Å²) in [5.41, 5.74) is 4.15. The van der Waals surface area contributed by atoms with Gasteiger partial charge in [-0.25, -0.2) is 5.48 Å². The normalized spacial score (nSPS) is 14.8. The van der Waals surface area contributed by atoms with Crippen LogP contribution < -0.4 is 10.4 Å². The van der Waals surface area contributed by atoms with Gasteiger partial charge in [-0.05, 0) is 31.0 Å². The molecule has 1 aliphatic rings. The highest BCUT2D eigenvalue weighted by molar-refractivity contribution is 5.95. The van der Waals surface area contributed by atoms with E-state index in [2.05, 4.69) is 5.48 Å². The molecule has 1 N–H and O–H groups in total. The number of nitrogens with zero attached hydrogens (tertiary/aromatic N) is 1. The topological polar surface area (TPSA) is 58.6 Å². The van der Waals surface area contributed by atoms with E-state index in [1.165, 1.54) is 0 Å². The number of carbonyl (C=O) groups is 2. The maximum atomic E-state index is 11.6. The summed E-state index contributed by atoms with van der Waals surface area (Å²) in [6.45, 7) is 3.03. The zero-order valence-corrected chi connectivity index (χ0v) is 11.0. The molecule has 19 heavy (non-hydrogen) atoms. The van der Waals surface area contributed by atoms with E-state index in [-0.39, 0.29) is 18.2 Å². The fourth-order valence-electron chi connectivity index (χ4n) is 2.09. The molecule has 1 aliphatic heterocycles. The number of hydroxylamine groups is 1. The summed E-state index contributed by atoms with van der Waals surface area (Å²) >= 11 is 0. The molecule has 1 aromatic carbocycles. The lowest BCUT2D eigenvalue weighted by molar-refractivity contribution is -0.132. The van der Waals surface area contributed by atoms with E-state index in [1.54, 1.807) is 4.90 Å². The molecule has 5 nitrogen and oxygen atoms in total. The van der Waals surface area contributed by atoms with Crippen LogP contribution in [0.4, 0.5) is 5.69 Å². The van der Waals surface area contributed by atoms with Crippen LogP contribution in [0.2, 0.25) is 0 Å². The number of carbonyl (C=O) groups excluding carboxylic acids is 2. The van der Waals surface area contributed by atoms with Gasteiger partial charge in [0.25, 0.3) is 0 Å². The number of benzene rings is 1. The van der Waals surface area contributed by atoms with Crippen LogP contribution in [-0.4, -0.2) is 25.0 Å². The van der Waals surface area contributed by atoms with Crippen molar-refractivity contribution in [3.8, 4) is 0 Å². The lowest BCUT2D eigenvalue weighted by Gasteiger charge is -2.15. The number of anilines is 1. The van der Waals surface area contributed by atoms with Crippen LogP contribution in [0.5, 0.6) is 0 Å². The Balaban J connectivity index is 1.94. The zero-order chi connectivity index (χ0) is 13.7. The molecule has 0 bridgehead atoms. The van der Waals surface area contributed by atoms with Crippen LogP contribution in [0, 0.1) is 0 Å². The number of rotatable bonds is 5. The van der Waals surface area contributed by atoms with Gasteiger partial charge in [0, 0.05) is 18.7 Å². The maximum Gasteiger partial charge on any atom is 0.247 e. The minimum absolute atomic E-state index is 0.168. The molecule has 102 valence electrons. The molecule has 0 aromatic heterocycles. The van der Waals surface area contributed by atoms with Gasteiger partial charge in [0.2, 0.25) is 11.8 Å². The Labute approximate surface area is 112 Å². The fourth-order valence-corrected chi connectivity index (χ4v) is 2.09. The third-order valence-electron chi connectivity index (χ3n) is 3.02. The Morgan fingerprint density at radius 1 is 1.37 bits per heavy atom. The lowest BCUT2D eigenvalue weighted by Crippen LogP contribution is -2.25. The van der Waals surface area contributed by atoms with Crippen molar-refractivity contribution in [2.24, 2.45) is 0 Å². The van der Waals surface area contributed by atoms with Gasteiger partial charge in [0.15, 0.2) is 0 Å². The average Bonchev–Trinajstić information content (AvgIpc) is 2.83. The van der Waals surface area contributed by atoms with Crippen LogP contribution in [0.25, 0.3) is 0 Å². The molecule has 0 radical (unpaired) electrons. The van der Waals surface area contributed by atoms with Crippen LogP contribution >= 0.6 is 0 Å². The molecule has 0 aliphatic carbocycles. The van der Waals surface area contributed by atoms with Gasteiger partial charge in [0.1, 0.15) is 0 Å². The molecule has 2 rings (SSSR count). The first-order valence-electron chi connectivity index (χ1n) is 6.50. The van der Waals surface area contributed by atoms with E-state index in [4.69, 9.17) is 4.84 Å². The number of nitrogens with one attached hydrogen (secondary N) is 1. The summed E-state index contributed by atoms with van der Waals surface area (Å²) < 4.78 is 0. The number of hydrogen-bond acceptors (Lipinski definition) is 3. The Morgan fingerprint density at radius 2 is 2.11 bits per heavy atom. The Morgan fingerprint density at radius 3 is 2.68 bits per heavy atom. The van der Waals surface area contributed by atoms with Crippen LogP contribution in [-0.2, 0) is 20.8 Å². The summed E-state index contributed by atoms with van der Waals surface area (Å²) in [4.78, 5) is 29.7. The number of amides is 2. The highest BCUT2D eigenvalue weighted by Crippen LogP contribution is 2.21. The molecule has 1 aromatic rings. The van der Waals surface area contributed by atoms with Gasteiger partial charge >= 0.3 is 0 Å². The molecule has 1 fully saturated rings. The van der Waals surface area contributed by atoms with Gasteiger partial charge in [-0.3, -0.25) is 14.4 Å². The minimum atomic E-state index is -0.174. The Bertz CT molecular complexity index is 456. The quantitative estimate of drug-likeness (QED) is 0.816. The van der Waals surface area contributed by atoms with E-state index in [0.29, 0.717) is 13.0 Å². The second-order valence-electron chi connectivity index (χ2n) is 4.45. The maximum absolute atomic E-state index is 11.6. The van der Waals surface area contributed by atoms with Crippen LogP contribution in [0.3, 0.4) is 0 Å². The van der Waals surface area contributed by atoms with Crippen LogP contribution in [0.15, 0.2) is 24.3 Å². The Hall–Kier alpha value is -1.88. The third kappa shape index (κ3) is 3.54. The summed E-state index contributed by atoms with van der Waals surface area (Å²) in [5.74, 6) is -0.00584. The molecule has 1 heterocycles. The molecule has 2 amide bonds. The lowest BCUT2D eigenvalue weighted by atomic mass is 10.1. The van der Waals surface area contributed by atoms with Gasteiger partial charge in [-0.1, -0.05) is 12.1 Å². The van der Waals surface area contributed by atoms with E-state index >= 15 is 0 Å². The summed E-state index contributed by atoms with van der Waals surface area (Å²) in [7, 11) is 0. The largest absolute Gasteiger partial charge is 0.312 e. The van der Waals surface area contributed by atoms with Gasteiger partial charge < -0.3 is 4.90 Å².